The van der Waals surface area contributed by atoms with E-state index in [1.165, 1.54) is 0 Å². The number of methoxy groups -OCH3 is 1. The number of benzene rings is 1. The van der Waals surface area contributed by atoms with Crippen LogP contribution < -0.4 is 19.5 Å². The third-order valence-corrected chi connectivity index (χ3v) is 3.46. The van der Waals surface area contributed by atoms with Crippen LogP contribution in [-0.2, 0) is 9.59 Å². The first-order chi connectivity index (χ1) is 13.0. The van der Waals surface area contributed by atoms with Crippen molar-refractivity contribution in [1.29, 1.82) is 0 Å². The first-order valence-electron chi connectivity index (χ1n) is 8.50. The van der Waals surface area contributed by atoms with Crippen molar-refractivity contribution in [2.45, 2.75) is 31.9 Å². The molecule has 0 radical (unpaired) electrons. The number of carboxylic acids is 2. The number of hydrogen-bond acceptors (Lipinski definition) is 7. The van der Waals surface area contributed by atoms with Gasteiger partial charge in [0.1, 0.15) is 18.8 Å². The summed E-state index contributed by atoms with van der Waals surface area (Å²) in [4.78, 5) is 19.1. The standard InChI is InChI=1S/C15H23NO4.C4H4O4/c1-14(2,3)16-8-15(17)9-19-12-7-5-6-11(18-4)13(12)20-10-15;5-3(6)1-2-4(7)8/h5-7,16-17H,8-10H2,1-4H3;1-2H,(H,5,6)(H,7,8)/b;2-1-. The average Bonchev–Trinajstić information content (AvgIpc) is 2.78. The van der Waals surface area contributed by atoms with Gasteiger partial charge in [-0.05, 0) is 32.9 Å². The van der Waals surface area contributed by atoms with E-state index >= 15 is 0 Å². The van der Waals surface area contributed by atoms with Crippen LogP contribution in [-0.4, -0.2) is 65.3 Å². The zero-order chi connectivity index (χ0) is 21.4. The van der Waals surface area contributed by atoms with Crippen molar-refractivity contribution < 1.29 is 39.1 Å². The van der Waals surface area contributed by atoms with Crippen molar-refractivity contribution in [3.63, 3.8) is 0 Å². The van der Waals surface area contributed by atoms with E-state index in [1.54, 1.807) is 19.2 Å². The topological polar surface area (TPSA) is 135 Å². The Morgan fingerprint density at radius 1 is 1.18 bits per heavy atom. The van der Waals surface area contributed by atoms with Gasteiger partial charge in [0.05, 0.1) is 7.11 Å². The number of rotatable bonds is 5. The number of β-amino-alcohol motifs (C(OH)–C–C–N with tert-alkyl or cyclic N) is 1. The summed E-state index contributed by atoms with van der Waals surface area (Å²) < 4.78 is 16.6. The van der Waals surface area contributed by atoms with Crippen LogP contribution in [0.1, 0.15) is 20.8 Å². The second-order valence-corrected chi connectivity index (χ2v) is 7.20. The Bertz CT molecular complexity index is 694. The summed E-state index contributed by atoms with van der Waals surface area (Å²) in [6.45, 7) is 6.87. The predicted octanol–water partition coefficient (Wildman–Crippen LogP) is 1.30. The van der Waals surface area contributed by atoms with Gasteiger partial charge in [0.25, 0.3) is 0 Å². The Morgan fingerprint density at radius 3 is 2.25 bits per heavy atom. The summed E-state index contributed by atoms with van der Waals surface area (Å²) in [7, 11) is 1.58. The van der Waals surface area contributed by atoms with Crippen LogP contribution in [0, 0.1) is 0 Å². The van der Waals surface area contributed by atoms with E-state index in [4.69, 9.17) is 24.4 Å². The zero-order valence-electron chi connectivity index (χ0n) is 16.4. The molecule has 9 heteroatoms. The van der Waals surface area contributed by atoms with Crippen LogP contribution in [0.15, 0.2) is 30.4 Å². The lowest BCUT2D eigenvalue weighted by atomic mass is 10.0. The van der Waals surface area contributed by atoms with Crippen LogP contribution in [0.3, 0.4) is 0 Å². The molecule has 0 spiro atoms. The molecule has 0 amide bonds. The smallest absolute Gasteiger partial charge is 0.328 e. The monoisotopic (exact) mass is 397 g/mol. The molecule has 0 saturated carbocycles. The normalized spacial score (nSPS) is 18.6. The van der Waals surface area contributed by atoms with Gasteiger partial charge in [-0.3, -0.25) is 0 Å². The second kappa shape index (κ2) is 9.95. The molecule has 1 heterocycles. The zero-order valence-corrected chi connectivity index (χ0v) is 16.4. The SMILES string of the molecule is COc1cccc2c1OCC(O)(CNC(C)(C)C)CO2.O=C(O)/C=C\C(=O)O. The number of carboxylic acid groups (broad SMARTS) is 2. The van der Waals surface area contributed by atoms with Crippen molar-refractivity contribution in [1.82, 2.24) is 5.32 Å². The molecule has 2 rings (SSSR count). The van der Waals surface area contributed by atoms with Crippen molar-refractivity contribution in [2.24, 2.45) is 0 Å². The fraction of sp³-hybridized carbons (Fsp3) is 0.474. The fourth-order valence-electron chi connectivity index (χ4n) is 2.05. The lowest BCUT2D eigenvalue weighted by Crippen LogP contribution is -2.53. The van der Waals surface area contributed by atoms with E-state index in [0.717, 1.165) is 0 Å². The van der Waals surface area contributed by atoms with Gasteiger partial charge in [-0.25, -0.2) is 9.59 Å². The average molecular weight is 397 g/mol. The molecule has 4 N–H and O–H groups in total. The number of ether oxygens (including phenoxy) is 3. The maximum absolute atomic E-state index is 10.6. The molecule has 1 atom stereocenters. The molecule has 1 aliphatic heterocycles. The molecule has 1 aromatic carbocycles. The van der Waals surface area contributed by atoms with Crippen molar-refractivity contribution in [2.75, 3.05) is 26.9 Å². The molecular weight excluding hydrogens is 370 g/mol. The van der Waals surface area contributed by atoms with Gasteiger partial charge in [-0.1, -0.05) is 6.07 Å². The molecule has 1 aromatic rings. The van der Waals surface area contributed by atoms with Gasteiger partial charge < -0.3 is 34.8 Å². The van der Waals surface area contributed by atoms with E-state index in [0.29, 0.717) is 35.9 Å². The quantitative estimate of drug-likeness (QED) is 0.542. The molecule has 156 valence electrons. The van der Waals surface area contributed by atoms with Crippen LogP contribution in [0.4, 0.5) is 0 Å². The van der Waals surface area contributed by atoms with E-state index in [9.17, 15) is 14.7 Å². The Labute approximate surface area is 163 Å². The molecule has 28 heavy (non-hydrogen) atoms. The molecule has 0 bridgehead atoms. The minimum Gasteiger partial charge on any atom is -0.493 e. The lowest BCUT2D eigenvalue weighted by molar-refractivity contribution is -0.134. The van der Waals surface area contributed by atoms with Gasteiger partial charge in [-0.15, -0.1) is 0 Å². The molecule has 0 fully saturated rings. The number of aliphatic hydroxyl groups is 1. The summed E-state index contributed by atoms with van der Waals surface area (Å²) in [6, 6.07) is 5.44. The number of fused-ring (bicyclic) bond motifs is 1. The second-order valence-electron chi connectivity index (χ2n) is 7.20. The predicted molar refractivity (Wildman–Crippen MR) is 101 cm³/mol. The number of nitrogens with one attached hydrogen (secondary N) is 1. The van der Waals surface area contributed by atoms with Crippen molar-refractivity contribution >= 4 is 11.9 Å². The minimum absolute atomic E-state index is 0.0768. The molecular formula is C19H27NO8. The molecule has 0 aromatic heterocycles. The van der Waals surface area contributed by atoms with Gasteiger partial charge in [0, 0.05) is 24.2 Å². The Hall–Kier alpha value is -2.78. The van der Waals surface area contributed by atoms with Crippen LogP contribution in [0.2, 0.25) is 0 Å². The first-order valence-corrected chi connectivity index (χ1v) is 8.50. The Kier molecular flexibility index (Phi) is 8.27. The highest BCUT2D eigenvalue weighted by molar-refractivity contribution is 5.89. The van der Waals surface area contributed by atoms with Gasteiger partial charge in [0.2, 0.25) is 5.75 Å². The highest BCUT2D eigenvalue weighted by atomic mass is 16.6. The largest absolute Gasteiger partial charge is 0.493 e. The number of aliphatic carboxylic acids is 2. The summed E-state index contributed by atoms with van der Waals surface area (Å²) in [5, 5.41) is 29.5. The molecule has 9 nitrogen and oxygen atoms in total. The van der Waals surface area contributed by atoms with Crippen molar-refractivity contribution in [3.05, 3.63) is 30.4 Å². The van der Waals surface area contributed by atoms with Gasteiger partial charge in [0.15, 0.2) is 11.5 Å². The summed E-state index contributed by atoms with van der Waals surface area (Å²) in [5.74, 6) is -0.770. The van der Waals surface area contributed by atoms with Crippen LogP contribution in [0.25, 0.3) is 0 Å². The Balaban J connectivity index is 0.000000416. The number of carbonyl (C=O) groups is 2. The maximum Gasteiger partial charge on any atom is 0.328 e. The van der Waals surface area contributed by atoms with Crippen molar-refractivity contribution in [3.8, 4) is 17.2 Å². The third-order valence-electron chi connectivity index (χ3n) is 3.46. The summed E-state index contributed by atoms with van der Waals surface area (Å²) in [6.07, 6.45) is 1.12. The van der Waals surface area contributed by atoms with Gasteiger partial charge in [-0.2, -0.15) is 0 Å². The Morgan fingerprint density at radius 2 is 1.75 bits per heavy atom. The van der Waals surface area contributed by atoms with E-state index < -0.39 is 17.5 Å². The maximum atomic E-state index is 10.6. The van der Waals surface area contributed by atoms with E-state index in [2.05, 4.69) is 5.32 Å². The van der Waals surface area contributed by atoms with E-state index in [-0.39, 0.29) is 18.8 Å². The summed E-state index contributed by atoms with van der Waals surface area (Å²) in [5.41, 5.74) is -1.15. The fourth-order valence-corrected chi connectivity index (χ4v) is 2.05. The lowest BCUT2D eigenvalue weighted by Gasteiger charge is -2.30. The molecule has 0 saturated heterocycles. The van der Waals surface area contributed by atoms with Gasteiger partial charge >= 0.3 is 11.9 Å². The highest BCUT2D eigenvalue weighted by Crippen LogP contribution is 2.39. The number of para-hydroxylation sites is 1. The molecule has 1 unspecified atom stereocenters. The first kappa shape index (κ1) is 23.3. The number of hydrogen-bond donors (Lipinski definition) is 4. The highest BCUT2D eigenvalue weighted by Gasteiger charge is 2.34. The third kappa shape index (κ3) is 8.28. The molecule has 0 aliphatic carbocycles. The van der Waals surface area contributed by atoms with E-state index in [1.807, 2.05) is 26.8 Å². The van der Waals surface area contributed by atoms with Crippen LogP contribution >= 0.6 is 0 Å². The summed E-state index contributed by atoms with van der Waals surface area (Å²) >= 11 is 0. The minimum atomic E-state index is -1.26. The molecule has 1 aliphatic rings. The van der Waals surface area contributed by atoms with Crippen LogP contribution in [0.5, 0.6) is 17.2 Å².